The number of nitrogens with zero attached hydrogens (tertiary/aromatic N) is 5. The van der Waals surface area contributed by atoms with Gasteiger partial charge in [-0.25, -0.2) is 4.68 Å². The minimum atomic E-state index is 0.0633. The molecule has 0 bridgehead atoms. The third-order valence-electron chi connectivity index (χ3n) is 5.07. The number of hydrogen-bond acceptors (Lipinski definition) is 5. The Morgan fingerprint density at radius 3 is 2.96 bits per heavy atom. The molecule has 1 aliphatic rings. The molecule has 4 aromatic rings. The molecular formula is C20H18ClN5O. The number of alkyl halides is 1. The summed E-state index contributed by atoms with van der Waals surface area (Å²) in [6.07, 6.45) is 1.87. The first-order valence-corrected chi connectivity index (χ1v) is 9.50. The third kappa shape index (κ3) is 2.63. The van der Waals surface area contributed by atoms with Crippen molar-refractivity contribution in [1.82, 2.24) is 25.1 Å². The monoisotopic (exact) mass is 379 g/mol. The van der Waals surface area contributed by atoms with E-state index >= 15 is 0 Å². The maximum atomic E-state index is 6.40. The summed E-state index contributed by atoms with van der Waals surface area (Å²) in [6.45, 7) is 4.16. The molecule has 1 aliphatic carbocycles. The molecule has 0 N–H and O–H groups in total. The summed E-state index contributed by atoms with van der Waals surface area (Å²) in [5.41, 5.74) is 6.02. The molecule has 0 radical (unpaired) electrons. The first-order chi connectivity index (χ1) is 13.1. The van der Waals surface area contributed by atoms with Crippen LogP contribution in [0.25, 0.3) is 33.9 Å². The highest BCUT2D eigenvalue weighted by atomic mass is 35.5. The zero-order valence-electron chi connectivity index (χ0n) is 15.1. The van der Waals surface area contributed by atoms with Crippen LogP contribution >= 0.6 is 11.6 Å². The van der Waals surface area contributed by atoms with Crippen molar-refractivity contribution in [2.75, 3.05) is 0 Å². The van der Waals surface area contributed by atoms with Crippen molar-refractivity contribution in [3.8, 4) is 22.8 Å². The van der Waals surface area contributed by atoms with Gasteiger partial charge < -0.3 is 4.52 Å². The SMILES string of the molecule is CC(C)n1nnc2cc(-c3noc(-c4cccc5c4CCC5Cl)n3)ccc21. The molecule has 7 heteroatoms. The third-order valence-corrected chi connectivity index (χ3v) is 5.53. The first kappa shape index (κ1) is 16.4. The van der Waals surface area contributed by atoms with Crippen molar-refractivity contribution in [1.29, 1.82) is 0 Å². The van der Waals surface area contributed by atoms with E-state index in [-0.39, 0.29) is 11.4 Å². The highest BCUT2D eigenvalue weighted by molar-refractivity contribution is 6.21. The largest absolute Gasteiger partial charge is 0.334 e. The normalized spacial score (nSPS) is 16.4. The summed E-state index contributed by atoms with van der Waals surface area (Å²) in [5.74, 6) is 1.07. The van der Waals surface area contributed by atoms with E-state index < -0.39 is 0 Å². The van der Waals surface area contributed by atoms with Gasteiger partial charge in [0.2, 0.25) is 5.82 Å². The van der Waals surface area contributed by atoms with Crippen LogP contribution in [0.3, 0.4) is 0 Å². The van der Waals surface area contributed by atoms with Crippen molar-refractivity contribution < 1.29 is 4.52 Å². The Labute approximate surface area is 161 Å². The molecule has 0 spiro atoms. The van der Waals surface area contributed by atoms with Crippen LogP contribution in [0.5, 0.6) is 0 Å². The Balaban J connectivity index is 1.54. The van der Waals surface area contributed by atoms with Gasteiger partial charge in [0, 0.05) is 17.2 Å². The van der Waals surface area contributed by atoms with Gasteiger partial charge in [-0.15, -0.1) is 16.7 Å². The lowest BCUT2D eigenvalue weighted by molar-refractivity contribution is 0.432. The predicted octanol–water partition coefficient (Wildman–Crippen LogP) is 4.96. The molecule has 5 rings (SSSR count). The second-order valence-corrected chi connectivity index (χ2v) is 7.66. The molecule has 0 amide bonds. The van der Waals surface area contributed by atoms with Crippen molar-refractivity contribution in [3.05, 3.63) is 47.5 Å². The van der Waals surface area contributed by atoms with Crippen LogP contribution < -0.4 is 0 Å². The molecule has 2 aromatic heterocycles. The summed E-state index contributed by atoms with van der Waals surface area (Å²) in [5, 5.41) is 12.7. The summed E-state index contributed by atoms with van der Waals surface area (Å²) < 4.78 is 7.48. The first-order valence-electron chi connectivity index (χ1n) is 9.07. The zero-order chi connectivity index (χ0) is 18.5. The Morgan fingerprint density at radius 2 is 2.11 bits per heavy atom. The van der Waals surface area contributed by atoms with Crippen LogP contribution in [-0.4, -0.2) is 25.1 Å². The maximum Gasteiger partial charge on any atom is 0.258 e. The summed E-state index contributed by atoms with van der Waals surface area (Å²) in [7, 11) is 0. The summed E-state index contributed by atoms with van der Waals surface area (Å²) in [6, 6.07) is 12.3. The molecule has 1 unspecified atom stereocenters. The smallest absolute Gasteiger partial charge is 0.258 e. The van der Waals surface area contributed by atoms with Gasteiger partial charge in [0.15, 0.2) is 0 Å². The van der Waals surface area contributed by atoms with Gasteiger partial charge in [-0.1, -0.05) is 22.5 Å². The quantitative estimate of drug-likeness (QED) is 0.471. The van der Waals surface area contributed by atoms with Gasteiger partial charge in [-0.3, -0.25) is 0 Å². The topological polar surface area (TPSA) is 69.6 Å². The molecule has 0 saturated carbocycles. The van der Waals surface area contributed by atoms with E-state index in [1.54, 1.807) is 0 Å². The number of rotatable bonds is 3. The number of aromatic nitrogens is 5. The van der Waals surface area contributed by atoms with E-state index in [1.807, 2.05) is 35.0 Å². The average Bonchev–Trinajstić information content (AvgIpc) is 3.39. The number of fused-ring (bicyclic) bond motifs is 2. The van der Waals surface area contributed by atoms with E-state index in [1.165, 1.54) is 11.1 Å². The van der Waals surface area contributed by atoms with Crippen LogP contribution in [-0.2, 0) is 6.42 Å². The van der Waals surface area contributed by atoms with E-state index in [0.717, 1.165) is 35.0 Å². The molecule has 0 aliphatic heterocycles. The van der Waals surface area contributed by atoms with Crippen LogP contribution in [0.4, 0.5) is 0 Å². The number of benzene rings is 2. The van der Waals surface area contributed by atoms with E-state index in [9.17, 15) is 0 Å². The molecular weight excluding hydrogens is 362 g/mol. The van der Waals surface area contributed by atoms with Crippen molar-refractivity contribution in [2.24, 2.45) is 0 Å². The highest BCUT2D eigenvalue weighted by Crippen LogP contribution is 2.40. The molecule has 27 heavy (non-hydrogen) atoms. The minimum Gasteiger partial charge on any atom is -0.334 e. The lowest BCUT2D eigenvalue weighted by Gasteiger charge is -2.05. The highest BCUT2D eigenvalue weighted by Gasteiger charge is 2.25. The van der Waals surface area contributed by atoms with Gasteiger partial charge >= 0.3 is 0 Å². The van der Waals surface area contributed by atoms with Crippen molar-refractivity contribution in [3.63, 3.8) is 0 Å². The Bertz CT molecular complexity index is 1150. The zero-order valence-corrected chi connectivity index (χ0v) is 15.8. The Kier molecular flexibility index (Phi) is 3.75. The van der Waals surface area contributed by atoms with Gasteiger partial charge in [0.05, 0.1) is 10.9 Å². The molecule has 0 fully saturated rings. The minimum absolute atomic E-state index is 0.0633. The maximum absolute atomic E-state index is 6.40. The number of halogens is 1. The fourth-order valence-electron chi connectivity index (χ4n) is 3.72. The summed E-state index contributed by atoms with van der Waals surface area (Å²) >= 11 is 6.40. The molecule has 2 aromatic carbocycles. The molecule has 2 heterocycles. The van der Waals surface area contributed by atoms with Gasteiger partial charge in [0.1, 0.15) is 5.52 Å². The molecule has 6 nitrogen and oxygen atoms in total. The van der Waals surface area contributed by atoms with E-state index in [4.69, 9.17) is 16.1 Å². The second-order valence-electron chi connectivity index (χ2n) is 7.13. The Morgan fingerprint density at radius 1 is 1.22 bits per heavy atom. The summed E-state index contributed by atoms with van der Waals surface area (Å²) in [4.78, 5) is 4.63. The number of hydrogen-bond donors (Lipinski definition) is 0. The average molecular weight is 380 g/mol. The van der Waals surface area contributed by atoms with Crippen LogP contribution in [0, 0.1) is 0 Å². The van der Waals surface area contributed by atoms with Crippen LogP contribution in [0.15, 0.2) is 40.9 Å². The van der Waals surface area contributed by atoms with Gasteiger partial charge in [-0.05, 0) is 62.1 Å². The van der Waals surface area contributed by atoms with Crippen molar-refractivity contribution >= 4 is 22.6 Å². The molecule has 0 saturated heterocycles. The van der Waals surface area contributed by atoms with Gasteiger partial charge in [-0.2, -0.15) is 4.98 Å². The molecule has 1 atom stereocenters. The Hall–Kier alpha value is -2.73. The van der Waals surface area contributed by atoms with Gasteiger partial charge in [0.25, 0.3) is 5.89 Å². The van der Waals surface area contributed by atoms with E-state index in [0.29, 0.717) is 11.7 Å². The van der Waals surface area contributed by atoms with Crippen molar-refractivity contribution in [2.45, 2.75) is 38.1 Å². The second kappa shape index (κ2) is 6.16. The van der Waals surface area contributed by atoms with Crippen LogP contribution in [0.1, 0.15) is 42.8 Å². The fraction of sp³-hybridized carbons (Fsp3) is 0.300. The molecule has 136 valence electrons. The van der Waals surface area contributed by atoms with Crippen LogP contribution in [0.2, 0.25) is 0 Å². The predicted molar refractivity (Wildman–Crippen MR) is 104 cm³/mol. The fourth-order valence-corrected chi connectivity index (χ4v) is 4.03. The van der Waals surface area contributed by atoms with E-state index in [2.05, 4.69) is 40.4 Å². The lowest BCUT2D eigenvalue weighted by Crippen LogP contribution is -2.02. The standard InChI is InChI=1S/C20H18ClN5O/c1-11(2)26-18-9-6-12(10-17(18)23-25-26)19-22-20(27-24-19)15-5-3-4-14-13(15)7-8-16(14)21/h3-6,9-11,16H,7-8H2,1-2H3. The lowest BCUT2D eigenvalue weighted by atomic mass is 10.0.